The number of allylic oxidation sites excluding steroid dienone is 1. The number of rotatable bonds is 4. The fraction of sp³-hybridized carbons (Fsp3) is 0.692. The summed E-state index contributed by atoms with van der Waals surface area (Å²) >= 11 is 0. The molecule has 0 aliphatic heterocycles. The summed E-state index contributed by atoms with van der Waals surface area (Å²) < 4.78 is 0. The molecule has 1 radical (unpaired) electrons. The lowest BCUT2D eigenvalue weighted by atomic mass is 9.70. The van der Waals surface area contributed by atoms with E-state index in [1.54, 1.807) is 0 Å². The van der Waals surface area contributed by atoms with Crippen LogP contribution < -0.4 is 0 Å². The van der Waals surface area contributed by atoms with Crippen LogP contribution in [0.4, 0.5) is 0 Å². The lowest BCUT2D eigenvalue weighted by Gasteiger charge is -2.34. The second kappa shape index (κ2) is 4.77. The normalized spacial score (nSPS) is 25.7. The van der Waals surface area contributed by atoms with E-state index in [2.05, 4.69) is 26.8 Å². The van der Waals surface area contributed by atoms with E-state index >= 15 is 0 Å². The predicted octanol–water partition coefficient (Wildman–Crippen LogP) is 3.55. The largest absolute Gasteiger partial charge is 0.299 e. The molecule has 0 bridgehead atoms. The molecular weight excluding hydrogens is 172 g/mol. The summed E-state index contributed by atoms with van der Waals surface area (Å²) in [6, 6.07) is 0. The number of carbonyl (C=O) groups is 1. The lowest BCUT2D eigenvalue weighted by Crippen LogP contribution is -2.28. The first kappa shape index (κ1) is 11.5. The van der Waals surface area contributed by atoms with Crippen molar-refractivity contribution in [3.05, 3.63) is 19.1 Å². The van der Waals surface area contributed by atoms with Crippen molar-refractivity contribution in [3.63, 3.8) is 0 Å². The van der Waals surface area contributed by atoms with Crippen LogP contribution in [0.3, 0.4) is 0 Å². The van der Waals surface area contributed by atoms with Crippen LogP contribution in [0.5, 0.6) is 0 Å². The Balaban J connectivity index is 2.43. The van der Waals surface area contributed by atoms with Gasteiger partial charge in [0.25, 0.3) is 0 Å². The van der Waals surface area contributed by atoms with E-state index in [0.717, 1.165) is 12.8 Å². The van der Waals surface area contributed by atoms with Gasteiger partial charge in [-0.05, 0) is 31.1 Å². The Morgan fingerprint density at radius 3 is 2.93 bits per heavy atom. The summed E-state index contributed by atoms with van der Waals surface area (Å²) in [5, 5.41) is 0. The zero-order valence-electron chi connectivity index (χ0n) is 9.38. The molecule has 79 valence electrons. The molecule has 1 aliphatic rings. The first-order valence-electron chi connectivity index (χ1n) is 5.55. The molecule has 1 unspecified atom stereocenters. The van der Waals surface area contributed by atoms with E-state index in [1.807, 2.05) is 6.08 Å². The van der Waals surface area contributed by atoms with Gasteiger partial charge in [-0.15, -0.1) is 6.58 Å². The molecule has 0 aromatic carbocycles. The van der Waals surface area contributed by atoms with Crippen LogP contribution in [-0.4, -0.2) is 5.78 Å². The van der Waals surface area contributed by atoms with Gasteiger partial charge < -0.3 is 0 Å². The smallest absolute Gasteiger partial charge is 0.136 e. The Morgan fingerprint density at radius 1 is 1.64 bits per heavy atom. The molecule has 1 aliphatic carbocycles. The molecule has 1 heteroatoms. The van der Waals surface area contributed by atoms with E-state index in [9.17, 15) is 4.79 Å². The van der Waals surface area contributed by atoms with Gasteiger partial charge in [0.05, 0.1) is 0 Å². The standard InChI is InChI=1S/C13H21O/c1-4-5-8-12(14)11-7-6-9-13(2,3)10-11/h4,10-11H,1,5-9H2,2-3H3. The number of hydrogen-bond donors (Lipinski definition) is 0. The summed E-state index contributed by atoms with van der Waals surface area (Å²) in [5.74, 6) is 0.608. The van der Waals surface area contributed by atoms with Crippen LogP contribution in [0.1, 0.15) is 46.0 Å². The fourth-order valence-electron chi connectivity index (χ4n) is 2.17. The molecule has 0 aromatic rings. The Bertz CT molecular complexity index is 215. The third-order valence-electron chi connectivity index (χ3n) is 3.00. The van der Waals surface area contributed by atoms with Gasteiger partial charge in [-0.1, -0.05) is 26.3 Å². The molecule has 0 aromatic heterocycles. The van der Waals surface area contributed by atoms with Gasteiger partial charge in [0.15, 0.2) is 0 Å². The first-order chi connectivity index (χ1) is 6.55. The number of ketones is 1. The minimum Gasteiger partial charge on any atom is -0.299 e. The number of hydrogen-bond acceptors (Lipinski definition) is 1. The number of Topliss-reactive ketones (excluding diaryl/α,β-unsaturated/α-hetero) is 1. The topological polar surface area (TPSA) is 17.1 Å². The van der Waals surface area contributed by atoms with Crippen LogP contribution in [0.15, 0.2) is 12.7 Å². The zero-order chi connectivity index (χ0) is 10.6. The molecule has 1 atom stereocenters. The molecule has 0 saturated heterocycles. The van der Waals surface area contributed by atoms with Gasteiger partial charge in [-0.3, -0.25) is 4.79 Å². The SMILES string of the molecule is C=CCCC(=O)C1[CH]C(C)(C)CCC1. The van der Waals surface area contributed by atoms with Crippen molar-refractivity contribution in [2.24, 2.45) is 11.3 Å². The molecule has 0 spiro atoms. The van der Waals surface area contributed by atoms with Crippen LogP contribution >= 0.6 is 0 Å². The Hall–Kier alpha value is -0.590. The van der Waals surface area contributed by atoms with E-state index in [0.29, 0.717) is 12.2 Å². The van der Waals surface area contributed by atoms with Gasteiger partial charge in [-0.25, -0.2) is 0 Å². The van der Waals surface area contributed by atoms with Crippen molar-refractivity contribution < 1.29 is 4.79 Å². The Morgan fingerprint density at radius 2 is 2.36 bits per heavy atom. The van der Waals surface area contributed by atoms with E-state index < -0.39 is 0 Å². The lowest BCUT2D eigenvalue weighted by molar-refractivity contribution is -0.123. The monoisotopic (exact) mass is 193 g/mol. The minimum absolute atomic E-state index is 0.207. The third kappa shape index (κ3) is 3.28. The average molecular weight is 193 g/mol. The van der Waals surface area contributed by atoms with Crippen molar-refractivity contribution in [1.29, 1.82) is 0 Å². The van der Waals surface area contributed by atoms with Crippen molar-refractivity contribution in [2.75, 3.05) is 0 Å². The Labute approximate surface area is 87.6 Å². The summed E-state index contributed by atoms with van der Waals surface area (Å²) in [4.78, 5) is 11.8. The maximum atomic E-state index is 11.8. The maximum Gasteiger partial charge on any atom is 0.136 e. The zero-order valence-corrected chi connectivity index (χ0v) is 9.38. The van der Waals surface area contributed by atoms with Crippen LogP contribution in [0.2, 0.25) is 0 Å². The van der Waals surface area contributed by atoms with Gasteiger partial charge in [-0.2, -0.15) is 0 Å². The second-order valence-electron chi connectivity index (χ2n) is 4.95. The van der Waals surface area contributed by atoms with Gasteiger partial charge >= 0.3 is 0 Å². The highest BCUT2D eigenvalue weighted by Gasteiger charge is 2.31. The van der Waals surface area contributed by atoms with Crippen molar-refractivity contribution in [1.82, 2.24) is 0 Å². The first-order valence-corrected chi connectivity index (χ1v) is 5.55. The second-order valence-corrected chi connectivity index (χ2v) is 4.95. The molecule has 0 N–H and O–H groups in total. The fourth-order valence-corrected chi connectivity index (χ4v) is 2.17. The van der Waals surface area contributed by atoms with Crippen LogP contribution in [0, 0.1) is 17.8 Å². The summed E-state index contributed by atoms with van der Waals surface area (Å²) in [7, 11) is 0. The van der Waals surface area contributed by atoms with Crippen molar-refractivity contribution in [2.45, 2.75) is 46.0 Å². The molecule has 1 fully saturated rings. The third-order valence-corrected chi connectivity index (χ3v) is 3.00. The molecule has 1 saturated carbocycles. The maximum absolute atomic E-state index is 11.8. The minimum atomic E-state index is 0.207. The van der Waals surface area contributed by atoms with Gasteiger partial charge in [0.2, 0.25) is 0 Å². The summed E-state index contributed by atoms with van der Waals surface area (Å²) in [6.45, 7) is 8.09. The Kier molecular flexibility index (Phi) is 3.91. The highest BCUT2D eigenvalue weighted by Crippen LogP contribution is 2.38. The van der Waals surface area contributed by atoms with Gasteiger partial charge in [0, 0.05) is 12.3 Å². The molecule has 1 nitrogen and oxygen atoms in total. The molecule has 0 amide bonds. The van der Waals surface area contributed by atoms with E-state index in [-0.39, 0.29) is 11.3 Å². The molecule has 14 heavy (non-hydrogen) atoms. The van der Waals surface area contributed by atoms with Crippen molar-refractivity contribution in [3.8, 4) is 0 Å². The van der Waals surface area contributed by atoms with Crippen LogP contribution in [0.25, 0.3) is 0 Å². The van der Waals surface area contributed by atoms with Gasteiger partial charge in [0.1, 0.15) is 5.78 Å². The predicted molar refractivity (Wildman–Crippen MR) is 59.9 cm³/mol. The van der Waals surface area contributed by atoms with E-state index in [4.69, 9.17) is 0 Å². The van der Waals surface area contributed by atoms with Crippen molar-refractivity contribution >= 4 is 5.78 Å². The number of carbonyl (C=O) groups excluding carboxylic acids is 1. The highest BCUT2D eigenvalue weighted by molar-refractivity contribution is 5.82. The molecular formula is C13H21O. The highest BCUT2D eigenvalue weighted by atomic mass is 16.1. The van der Waals surface area contributed by atoms with Crippen LogP contribution in [-0.2, 0) is 4.79 Å². The molecule has 1 rings (SSSR count). The summed E-state index contributed by atoms with van der Waals surface area (Å²) in [6.07, 6.45) is 9.03. The van der Waals surface area contributed by atoms with E-state index in [1.165, 1.54) is 12.8 Å². The molecule has 0 heterocycles. The average Bonchev–Trinajstić information content (AvgIpc) is 2.12. The quantitative estimate of drug-likeness (QED) is 0.624. The summed E-state index contributed by atoms with van der Waals surface area (Å²) in [5.41, 5.74) is 0.257.